The van der Waals surface area contributed by atoms with E-state index in [1.807, 2.05) is 31.2 Å². The normalized spacial score (nSPS) is 13.3. The number of hydrogen-bond donors (Lipinski definition) is 2. The van der Waals surface area contributed by atoms with Crippen LogP contribution in [0.1, 0.15) is 48.3 Å². The van der Waals surface area contributed by atoms with E-state index in [1.165, 1.54) is 6.26 Å². The Hall–Kier alpha value is -2.34. The highest BCUT2D eigenvalue weighted by atomic mass is 16.5. The quantitative estimate of drug-likeness (QED) is 0.776. The highest BCUT2D eigenvalue weighted by Crippen LogP contribution is 2.21. The van der Waals surface area contributed by atoms with Gasteiger partial charge in [-0.15, -0.1) is 0 Å². The fourth-order valence-corrected chi connectivity index (χ4v) is 2.25. The third-order valence-corrected chi connectivity index (χ3v) is 4.16. The van der Waals surface area contributed by atoms with Crippen LogP contribution in [0.2, 0.25) is 0 Å². The summed E-state index contributed by atoms with van der Waals surface area (Å²) in [6.45, 7) is 4.61. The van der Waals surface area contributed by atoms with E-state index in [4.69, 9.17) is 14.9 Å². The molecule has 1 aromatic heterocycles. The molecule has 1 aromatic carbocycles. The van der Waals surface area contributed by atoms with Crippen LogP contribution < -0.4 is 15.8 Å². The topological polar surface area (TPSA) is 90.4 Å². The number of nitrogens with zero attached hydrogens (tertiary/aromatic N) is 1. The first-order valence-electron chi connectivity index (χ1n) is 8.17. The lowest BCUT2D eigenvalue weighted by atomic mass is 10.0. The summed E-state index contributed by atoms with van der Waals surface area (Å²) < 4.78 is 10.5. The number of nitrogens with two attached hydrogens (primary N) is 1. The molecule has 3 N–H and O–H groups in total. The van der Waals surface area contributed by atoms with Crippen LogP contribution in [0, 0.1) is 5.92 Å². The number of methoxy groups -OCH3 is 1. The van der Waals surface area contributed by atoms with Gasteiger partial charge in [0, 0.05) is 6.54 Å². The van der Waals surface area contributed by atoms with Crippen molar-refractivity contribution in [1.82, 2.24) is 10.3 Å². The van der Waals surface area contributed by atoms with Crippen molar-refractivity contribution in [1.29, 1.82) is 0 Å². The van der Waals surface area contributed by atoms with Crippen molar-refractivity contribution in [3.05, 3.63) is 47.7 Å². The third-order valence-electron chi connectivity index (χ3n) is 4.16. The van der Waals surface area contributed by atoms with Crippen LogP contribution >= 0.6 is 0 Å². The summed E-state index contributed by atoms with van der Waals surface area (Å²) in [5.74, 6) is 1.21. The molecule has 130 valence electrons. The lowest BCUT2D eigenvalue weighted by Crippen LogP contribution is -2.26. The largest absolute Gasteiger partial charge is 0.497 e. The summed E-state index contributed by atoms with van der Waals surface area (Å²) in [5, 5.41) is 2.84. The van der Waals surface area contributed by atoms with E-state index in [0.29, 0.717) is 12.4 Å². The molecular formula is C18H25N3O3. The Morgan fingerprint density at radius 3 is 2.71 bits per heavy atom. The number of ether oxygens (including phenoxy) is 1. The van der Waals surface area contributed by atoms with Gasteiger partial charge in [0.25, 0.3) is 5.91 Å². The van der Waals surface area contributed by atoms with Crippen molar-refractivity contribution in [2.45, 2.75) is 32.7 Å². The minimum Gasteiger partial charge on any atom is -0.497 e. The molecule has 0 radical (unpaired) electrons. The summed E-state index contributed by atoms with van der Waals surface area (Å²) in [5.41, 5.74) is 7.45. The fourth-order valence-electron chi connectivity index (χ4n) is 2.25. The molecule has 2 unspecified atom stereocenters. The summed E-state index contributed by atoms with van der Waals surface area (Å²) in [4.78, 5) is 16.3. The Morgan fingerprint density at radius 1 is 1.38 bits per heavy atom. The number of nitrogens with one attached hydrogen (secondary N) is 1. The maximum Gasteiger partial charge on any atom is 0.273 e. The Morgan fingerprint density at radius 2 is 2.08 bits per heavy atom. The van der Waals surface area contributed by atoms with Gasteiger partial charge in [0.05, 0.1) is 13.2 Å². The first kappa shape index (κ1) is 18.0. The molecule has 0 aliphatic heterocycles. The fraction of sp³-hybridized carbons (Fsp3) is 0.444. The minimum atomic E-state index is -0.296. The molecule has 2 aromatic rings. The van der Waals surface area contributed by atoms with Crippen molar-refractivity contribution in [3.8, 4) is 5.75 Å². The Kier molecular flexibility index (Phi) is 6.37. The highest BCUT2D eigenvalue weighted by Gasteiger charge is 2.20. The molecule has 2 rings (SSSR count). The Labute approximate surface area is 142 Å². The number of amides is 1. The second-order valence-electron chi connectivity index (χ2n) is 5.84. The number of aromatic nitrogens is 1. The molecular weight excluding hydrogens is 306 g/mol. The Bertz CT molecular complexity index is 652. The number of benzene rings is 1. The van der Waals surface area contributed by atoms with Gasteiger partial charge in [-0.1, -0.05) is 32.4 Å². The van der Waals surface area contributed by atoms with Crippen molar-refractivity contribution in [2.75, 3.05) is 13.7 Å². The molecule has 0 aliphatic rings. The van der Waals surface area contributed by atoms with Gasteiger partial charge in [-0.3, -0.25) is 4.79 Å². The van der Waals surface area contributed by atoms with Crippen molar-refractivity contribution in [2.24, 2.45) is 11.7 Å². The minimum absolute atomic E-state index is 0.245. The van der Waals surface area contributed by atoms with Crippen LogP contribution in [-0.2, 0) is 6.42 Å². The van der Waals surface area contributed by atoms with Crippen LogP contribution in [0.25, 0.3) is 0 Å². The Balaban J connectivity index is 1.85. The maximum absolute atomic E-state index is 12.1. The molecule has 0 aliphatic carbocycles. The maximum atomic E-state index is 12.1. The van der Waals surface area contributed by atoms with Crippen LogP contribution in [0.4, 0.5) is 0 Å². The van der Waals surface area contributed by atoms with Gasteiger partial charge in [-0.05, 0) is 30.0 Å². The molecule has 1 amide bonds. The molecule has 0 saturated carbocycles. The molecule has 1 heterocycles. The van der Waals surface area contributed by atoms with Gasteiger partial charge in [0.2, 0.25) is 5.89 Å². The van der Waals surface area contributed by atoms with Crippen LogP contribution in [0.15, 0.2) is 34.9 Å². The summed E-state index contributed by atoms with van der Waals surface area (Å²) in [7, 11) is 1.63. The van der Waals surface area contributed by atoms with Crippen LogP contribution in [-0.4, -0.2) is 24.5 Å². The summed E-state index contributed by atoms with van der Waals surface area (Å²) >= 11 is 0. The van der Waals surface area contributed by atoms with Gasteiger partial charge in [0.1, 0.15) is 12.0 Å². The van der Waals surface area contributed by atoms with Gasteiger partial charge in [-0.25, -0.2) is 4.98 Å². The molecule has 6 nitrogen and oxygen atoms in total. The van der Waals surface area contributed by atoms with Crippen molar-refractivity contribution in [3.63, 3.8) is 0 Å². The number of carbonyl (C=O) groups excluding carboxylic acids is 1. The first-order valence-corrected chi connectivity index (χ1v) is 8.17. The van der Waals surface area contributed by atoms with Crippen LogP contribution in [0.5, 0.6) is 5.75 Å². The SMILES string of the molecule is CCC(C)C(N)c1nc(C(=O)NCCc2ccc(OC)cc2)co1. The van der Waals surface area contributed by atoms with E-state index in [-0.39, 0.29) is 23.6 Å². The van der Waals surface area contributed by atoms with Crippen molar-refractivity contribution < 1.29 is 13.9 Å². The van der Waals surface area contributed by atoms with Gasteiger partial charge in [-0.2, -0.15) is 0 Å². The van der Waals surface area contributed by atoms with E-state index < -0.39 is 0 Å². The second-order valence-corrected chi connectivity index (χ2v) is 5.84. The second kappa shape index (κ2) is 8.49. The van der Waals surface area contributed by atoms with E-state index in [1.54, 1.807) is 7.11 Å². The molecule has 0 bridgehead atoms. The van der Waals surface area contributed by atoms with Gasteiger partial charge in [0.15, 0.2) is 5.69 Å². The number of oxazole rings is 1. The standard InChI is InChI=1S/C18H25N3O3/c1-4-12(2)16(19)18-21-15(11-24-18)17(22)20-10-9-13-5-7-14(23-3)8-6-13/h5-8,11-12,16H,4,9-10,19H2,1-3H3,(H,20,22). The zero-order chi connectivity index (χ0) is 17.5. The van der Waals surface area contributed by atoms with Gasteiger partial charge >= 0.3 is 0 Å². The molecule has 0 saturated heterocycles. The highest BCUT2D eigenvalue weighted by molar-refractivity contribution is 5.91. The van der Waals surface area contributed by atoms with E-state index in [2.05, 4.69) is 17.2 Å². The molecule has 0 fully saturated rings. The van der Waals surface area contributed by atoms with Gasteiger partial charge < -0.3 is 20.2 Å². The molecule has 0 spiro atoms. The molecule has 24 heavy (non-hydrogen) atoms. The van der Waals surface area contributed by atoms with E-state index >= 15 is 0 Å². The zero-order valence-electron chi connectivity index (χ0n) is 14.4. The number of hydrogen-bond acceptors (Lipinski definition) is 5. The van der Waals surface area contributed by atoms with E-state index in [0.717, 1.165) is 24.2 Å². The lowest BCUT2D eigenvalue weighted by molar-refractivity contribution is 0.0949. The van der Waals surface area contributed by atoms with Crippen molar-refractivity contribution >= 4 is 5.91 Å². The monoisotopic (exact) mass is 331 g/mol. The average Bonchev–Trinajstić information content (AvgIpc) is 3.11. The predicted molar refractivity (Wildman–Crippen MR) is 91.9 cm³/mol. The molecule has 6 heteroatoms. The summed E-state index contributed by atoms with van der Waals surface area (Å²) in [6, 6.07) is 7.46. The predicted octanol–water partition coefficient (Wildman–Crippen LogP) is 2.70. The first-order chi connectivity index (χ1) is 11.5. The average molecular weight is 331 g/mol. The number of rotatable bonds is 8. The van der Waals surface area contributed by atoms with Crippen LogP contribution in [0.3, 0.4) is 0 Å². The lowest BCUT2D eigenvalue weighted by Gasteiger charge is -2.13. The molecule has 2 atom stereocenters. The van der Waals surface area contributed by atoms with E-state index in [9.17, 15) is 4.79 Å². The third kappa shape index (κ3) is 4.58. The zero-order valence-corrected chi connectivity index (χ0v) is 14.4. The number of carbonyl (C=O) groups is 1. The smallest absolute Gasteiger partial charge is 0.273 e. The summed E-state index contributed by atoms with van der Waals surface area (Å²) in [6.07, 6.45) is 3.01.